The van der Waals surface area contributed by atoms with E-state index in [1.165, 1.54) is 4.88 Å². The smallest absolute Gasteiger partial charge is 0.237 e. The number of carbonyl (C=O) groups is 1. The third-order valence-corrected chi connectivity index (χ3v) is 4.94. The Morgan fingerprint density at radius 2 is 2.06 bits per heavy atom. The summed E-state index contributed by atoms with van der Waals surface area (Å²) in [6, 6.07) is 4.33. The number of hydrogen-bond acceptors (Lipinski definition) is 2. The molecule has 17 heavy (non-hydrogen) atoms. The SMILES string of the molecule is CC(C)C(Br)C(=O)N(Cc1cccs1)C(C)C. The first kappa shape index (κ1) is 14.7. The van der Waals surface area contributed by atoms with Gasteiger partial charge in [0.15, 0.2) is 0 Å². The highest BCUT2D eigenvalue weighted by atomic mass is 79.9. The zero-order valence-electron chi connectivity index (χ0n) is 10.8. The molecule has 1 aromatic rings. The van der Waals surface area contributed by atoms with E-state index in [-0.39, 0.29) is 16.8 Å². The molecule has 1 unspecified atom stereocenters. The number of hydrogen-bond donors (Lipinski definition) is 0. The molecule has 0 fully saturated rings. The summed E-state index contributed by atoms with van der Waals surface area (Å²) < 4.78 is 0. The van der Waals surface area contributed by atoms with E-state index < -0.39 is 0 Å². The molecular formula is C13H20BrNOS. The molecular weight excluding hydrogens is 298 g/mol. The molecule has 0 radical (unpaired) electrons. The predicted molar refractivity (Wildman–Crippen MR) is 77.6 cm³/mol. The van der Waals surface area contributed by atoms with Crippen molar-refractivity contribution in [3.63, 3.8) is 0 Å². The van der Waals surface area contributed by atoms with Gasteiger partial charge in [0.2, 0.25) is 5.91 Å². The summed E-state index contributed by atoms with van der Waals surface area (Å²) in [6.07, 6.45) is 0. The molecule has 1 rings (SSSR count). The second kappa shape index (κ2) is 6.55. The number of rotatable bonds is 5. The van der Waals surface area contributed by atoms with Crippen LogP contribution in [0.2, 0.25) is 0 Å². The fourth-order valence-electron chi connectivity index (χ4n) is 1.53. The molecule has 4 heteroatoms. The summed E-state index contributed by atoms with van der Waals surface area (Å²) in [7, 11) is 0. The minimum atomic E-state index is -0.0927. The van der Waals surface area contributed by atoms with Gasteiger partial charge in [-0.15, -0.1) is 11.3 Å². The zero-order chi connectivity index (χ0) is 13.0. The van der Waals surface area contributed by atoms with Crippen molar-refractivity contribution in [2.24, 2.45) is 5.92 Å². The van der Waals surface area contributed by atoms with Gasteiger partial charge in [-0.05, 0) is 31.2 Å². The summed E-state index contributed by atoms with van der Waals surface area (Å²) in [5.74, 6) is 0.496. The average Bonchev–Trinajstić information content (AvgIpc) is 2.76. The van der Waals surface area contributed by atoms with Crippen LogP contribution in [0.1, 0.15) is 32.6 Å². The standard InChI is InChI=1S/C13H20BrNOS/c1-9(2)12(14)13(16)15(10(3)4)8-11-6-5-7-17-11/h5-7,9-10,12H,8H2,1-4H3. The van der Waals surface area contributed by atoms with Crippen LogP contribution in [0.4, 0.5) is 0 Å². The number of nitrogens with zero attached hydrogens (tertiary/aromatic N) is 1. The quantitative estimate of drug-likeness (QED) is 0.754. The van der Waals surface area contributed by atoms with Gasteiger partial charge in [0.05, 0.1) is 11.4 Å². The molecule has 0 saturated carbocycles. The highest BCUT2D eigenvalue weighted by molar-refractivity contribution is 9.10. The van der Waals surface area contributed by atoms with Crippen molar-refractivity contribution in [3.8, 4) is 0 Å². The van der Waals surface area contributed by atoms with E-state index in [1.807, 2.05) is 16.3 Å². The fourth-order valence-corrected chi connectivity index (χ4v) is 2.49. The lowest BCUT2D eigenvalue weighted by molar-refractivity contribution is -0.133. The molecule has 0 aromatic carbocycles. The van der Waals surface area contributed by atoms with E-state index in [0.717, 1.165) is 0 Å². The Morgan fingerprint density at radius 1 is 1.41 bits per heavy atom. The largest absolute Gasteiger partial charge is 0.334 e. The van der Waals surface area contributed by atoms with E-state index in [9.17, 15) is 4.79 Å². The van der Waals surface area contributed by atoms with E-state index in [2.05, 4.69) is 49.7 Å². The van der Waals surface area contributed by atoms with Crippen LogP contribution in [0, 0.1) is 5.92 Å². The third-order valence-electron chi connectivity index (χ3n) is 2.63. The monoisotopic (exact) mass is 317 g/mol. The molecule has 96 valence electrons. The topological polar surface area (TPSA) is 20.3 Å². The predicted octanol–water partition coefficient (Wildman–Crippen LogP) is 3.90. The van der Waals surface area contributed by atoms with Crippen LogP contribution in [0.15, 0.2) is 17.5 Å². The van der Waals surface area contributed by atoms with Gasteiger partial charge in [0.1, 0.15) is 0 Å². The summed E-state index contributed by atoms with van der Waals surface area (Å²) in [5.41, 5.74) is 0. The van der Waals surface area contributed by atoms with E-state index in [1.54, 1.807) is 11.3 Å². The van der Waals surface area contributed by atoms with Gasteiger partial charge in [-0.25, -0.2) is 0 Å². The second-order valence-electron chi connectivity index (χ2n) is 4.79. The normalized spacial score (nSPS) is 13.1. The molecule has 0 aliphatic rings. The number of carbonyl (C=O) groups excluding carboxylic acids is 1. The zero-order valence-corrected chi connectivity index (χ0v) is 13.2. The Kier molecular flexibility index (Phi) is 5.67. The maximum Gasteiger partial charge on any atom is 0.237 e. The molecule has 1 aromatic heterocycles. The Labute approximate surface area is 116 Å². The highest BCUT2D eigenvalue weighted by Gasteiger charge is 2.26. The van der Waals surface area contributed by atoms with Crippen molar-refractivity contribution in [3.05, 3.63) is 22.4 Å². The number of amides is 1. The first-order valence-corrected chi connectivity index (χ1v) is 7.70. The number of thiophene rings is 1. The van der Waals surface area contributed by atoms with Crippen molar-refractivity contribution in [2.45, 2.75) is 45.1 Å². The number of alkyl halides is 1. The highest BCUT2D eigenvalue weighted by Crippen LogP contribution is 2.20. The maximum atomic E-state index is 12.3. The molecule has 1 atom stereocenters. The van der Waals surface area contributed by atoms with Gasteiger partial charge < -0.3 is 4.90 Å². The lowest BCUT2D eigenvalue weighted by atomic mass is 10.1. The van der Waals surface area contributed by atoms with Gasteiger partial charge in [-0.3, -0.25) is 4.79 Å². The van der Waals surface area contributed by atoms with Gasteiger partial charge in [0.25, 0.3) is 0 Å². The minimum absolute atomic E-state index is 0.0927. The van der Waals surface area contributed by atoms with Crippen molar-refractivity contribution < 1.29 is 4.79 Å². The lowest BCUT2D eigenvalue weighted by Gasteiger charge is -2.29. The van der Waals surface area contributed by atoms with Crippen LogP contribution in [-0.4, -0.2) is 21.7 Å². The van der Waals surface area contributed by atoms with Gasteiger partial charge in [0, 0.05) is 10.9 Å². The molecule has 1 amide bonds. The van der Waals surface area contributed by atoms with Crippen molar-refractivity contribution in [1.29, 1.82) is 0 Å². The third kappa shape index (κ3) is 4.11. The molecule has 0 saturated heterocycles. The van der Waals surface area contributed by atoms with E-state index in [0.29, 0.717) is 12.5 Å². The Bertz CT molecular complexity index is 348. The van der Waals surface area contributed by atoms with Crippen LogP contribution >= 0.6 is 27.3 Å². The fraction of sp³-hybridized carbons (Fsp3) is 0.615. The molecule has 0 N–H and O–H groups in total. The van der Waals surface area contributed by atoms with Crippen molar-refractivity contribution >= 4 is 33.2 Å². The molecule has 0 bridgehead atoms. The summed E-state index contributed by atoms with van der Waals surface area (Å²) >= 11 is 5.19. The van der Waals surface area contributed by atoms with Crippen molar-refractivity contribution in [2.75, 3.05) is 0 Å². The lowest BCUT2D eigenvalue weighted by Crippen LogP contribution is -2.42. The minimum Gasteiger partial charge on any atom is -0.334 e. The Hall–Kier alpha value is -0.350. The van der Waals surface area contributed by atoms with Crippen LogP contribution in [0.25, 0.3) is 0 Å². The summed E-state index contributed by atoms with van der Waals surface area (Å²) in [6.45, 7) is 8.95. The van der Waals surface area contributed by atoms with Gasteiger partial charge in [-0.2, -0.15) is 0 Å². The van der Waals surface area contributed by atoms with Crippen LogP contribution in [-0.2, 0) is 11.3 Å². The van der Waals surface area contributed by atoms with E-state index in [4.69, 9.17) is 0 Å². The van der Waals surface area contributed by atoms with Crippen LogP contribution in [0.3, 0.4) is 0 Å². The van der Waals surface area contributed by atoms with Crippen molar-refractivity contribution in [1.82, 2.24) is 4.90 Å². The molecule has 0 aliphatic heterocycles. The molecule has 2 nitrogen and oxygen atoms in total. The van der Waals surface area contributed by atoms with Gasteiger partial charge in [-0.1, -0.05) is 35.8 Å². The van der Waals surface area contributed by atoms with E-state index >= 15 is 0 Å². The number of halogens is 1. The van der Waals surface area contributed by atoms with Crippen LogP contribution in [0.5, 0.6) is 0 Å². The Morgan fingerprint density at radius 3 is 2.47 bits per heavy atom. The first-order chi connectivity index (χ1) is 7.93. The Balaban J connectivity index is 2.76. The molecule has 1 heterocycles. The summed E-state index contributed by atoms with van der Waals surface area (Å²) in [5, 5.41) is 2.05. The average molecular weight is 318 g/mol. The first-order valence-electron chi connectivity index (χ1n) is 5.90. The van der Waals surface area contributed by atoms with Gasteiger partial charge >= 0.3 is 0 Å². The van der Waals surface area contributed by atoms with Crippen LogP contribution < -0.4 is 0 Å². The molecule has 0 aliphatic carbocycles. The maximum absolute atomic E-state index is 12.3. The molecule has 0 spiro atoms. The second-order valence-corrected chi connectivity index (χ2v) is 6.80. The summed E-state index contributed by atoms with van der Waals surface area (Å²) in [4.78, 5) is 15.4.